The minimum absolute atomic E-state index is 0.0818. The van der Waals surface area contributed by atoms with Crippen molar-refractivity contribution in [2.45, 2.75) is 101 Å². The van der Waals surface area contributed by atoms with E-state index in [1.807, 2.05) is 94.2 Å². The molecule has 330 valence electrons. The Morgan fingerprint density at radius 3 is 1.81 bits per heavy atom. The molecule has 0 atom stereocenters. The number of methoxy groups -OCH3 is 2. The molecule has 0 amide bonds. The van der Waals surface area contributed by atoms with E-state index in [2.05, 4.69) is 105 Å². The molecule has 0 heterocycles. The lowest BCUT2D eigenvalue weighted by Gasteiger charge is -2.12. The van der Waals surface area contributed by atoms with Crippen LogP contribution in [0, 0.1) is 13.8 Å². The molecule has 3 aromatic rings. The van der Waals surface area contributed by atoms with Gasteiger partial charge in [0.05, 0.1) is 38.6 Å². The van der Waals surface area contributed by atoms with E-state index < -0.39 is 11.9 Å². The van der Waals surface area contributed by atoms with Crippen LogP contribution < -0.4 is 15.4 Å². The summed E-state index contributed by atoms with van der Waals surface area (Å²) < 4.78 is 20.9. The first-order valence-corrected chi connectivity index (χ1v) is 21.9. The molecule has 0 fully saturated rings. The summed E-state index contributed by atoms with van der Waals surface area (Å²) in [6, 6.07) is 19.9. The Balaban J connectivity index is -0.00000260. The second-order valence-corrected chi connectivity index (χ2v) is 12.4. The van der Waals surface area contributed by atoms with E-state index in [-0.39, 0.29) is 17.7 Å². The van der Waals surface area contributed by atoms with Crippen molar-refractivity contribution < 1.29 is 28.5 Å². The second kappa shape index (κ2) is 38.9. The molecule has 2 N–H and O–H groups in total. The number of aryl methyl sites for hydroxylation is 2. The van der Waals surface area contributed by atoms with E-state index in [4.69, 9.17) is 18.9 Å². The number of ether oxygens (including phenoxy) is 4. The van der Waals surface area contributed by atoms with Gasteiger partial charge in [-0.2, -0.15) is 0 Å². The van der Waals surface area contributed by atoms with Crippen LogP contribution in [0.5, 0.6) is 5.75 Å². The first kappa shape index (κ1) is 58.7. The van der Waals surface area contributed by atoms with Gasteiger partial charge in [0.15, 0.2) is 0 Å². The Hall–Kier alpha value is -4.57. The van der Waals surface area contributed by atoms with E-state index >= 15 is 0 Å². The third-order valence-corrected chi connectivity index (χ3v) is 8.68. The van der Waals surface area contributed by atoms with E-state index in [9.17, 15) is 9.59 Å². The summed E-state index contributed by atoms with van der Waals surface area (Å²) in [5.74, 6) is -0.842. The molecular formula is C50H78N2O6S. The molecule has 0 bridgehead atoms. The maximum absolute atomic E-state index is 12.1. The molecule has 3 rings (SSSR count). The summed E-state index contributed by atoms with van der Waals surface area (Å²) in [6.07, 6.45) is 11.6. The maximum atomic E-state index is 12.1. The number of thioether (sulfide) groups is 1. The first-order valence-electron chi connectivity index (χ1n) is 21.1. The third kappa shape index (κ3) is 23.6. The minimum Gasteiger partial charge on any atom is -0.491 e. The molecule has 0 spiro atoms. The molecule has 0 aliphatic rings. The van der Waals surface area contributed by atoms with E-state index in [1.165, 1.54) is 52.8 Å². The second-order valence-electron chi connectivity index (χ2n) is 11.3. The van der Waals surface area contributed by atoms with Gasteiger partial charge < -0.3 is 29.6 Å². The zero-order valence-electron chi connectivity index (χ0n) is 39.6. The summed E-state index contributed by atoms with van der Waals surface area (Å²) in [7, 11) is 6.25. The largest absolute Gasteiger partial charge is 0.491 e. The summed E-state index contributed by atoms with van der Waals surface area (Å²) in [4.78, 5) is 26.6. The first-order chi connectivity index (χ1) is 28.6. The van der Waals surface area contributed by atoms with Crippen LogP contribution in [0.2, 0.25) is 0 Å². The van der Waals surface area contributed by atoms with E-state index in [0.717, 1.165) is 23.3 Å². The van der Waals surface area contributed by atoms with Crippen LogP contribution in [0.4, 0.5) is 0 Å². The van der Waals surface area contributed by atoms with Crippen molar-refractivity contribution in [2.75, 3.05) is 54.7 Å². The lowest BCUT2D eigenvalue weighted by atomic mass is 10.0. The van der Waals surface area contributed by atoms with Gasteiger partial charge in [-0.3, -0.25) is 0 Å². The normalized spacial score (nSPS) is 10.7. The molecule has 59 heavy (non-hydrogen) atoms. The Labute approximate surface area is 363 Å². The predicted molar refractivity (Wildman–Crippen MR) is 257 cm³/mol. The van der Waals surface area contributed by atoms with Crippen molar-refractivity contribution in [3.8, 4) is 5.75 Å². The SMILES string of the molecule is CC.CC.CC.CC.CNC.C\C=C(/C=C\C(=C/C)c1ccc(/C(=C/CC)Sc2cc(C)ccc2C)cc1)NCCOCCOc1ccc(C(=O)OC)c(C(=O)OC)c1. The molecular weight excluding hydrogens is 757 g/mol. The zero-order valence-corrected chi connectivity index (χ0v) is 40.4. The summed E-state index contributed by atoms with van der Waals surface area (Å²) in [5.41, 5.74) is 7.25. The fraction of sp³-hybridized carbons (Fsp3) is 0.440. The number of allylic oxidation sites excluding steroid dienone is 6. The third-order valence-electron chi connectivity index (χ3n) is 7.39. The van der Waals surface area contributed by atoms with Gasteiger partial charge in [-0.05, 0) is 106 Å². The van der Waals surface area contributed by atoms with Crippen molar-refractivity contribution in [2.24, 2.45) is 0 Å². The quantitative estimate of drug-likeness (QED) is 0.0596. The summed E-state index contributed by atoms with van der Waals surface area (Å²) >= 11 is 1.83. The van der Waals surface area contributed by atoms with Gasteiger partial charge >= 0.3 is 11.9 Å². The molecule has 0 saturated heterocycles. The average Bonchev–Trinajstić information content (AvgIpc) is 3.29. The van der Waals surface area contributed by atoms with Gasteiger partial charge in [0, 0.05) is 22.0 Å². The zero-order chi connectivity index (χ0) is 45.6. The van der Waals surface area contributed by atoms with Crippen LogP contribution in [0.3, 0.4) is 0 Å². The van der Waals surface area contributed by atoms with Crippen molar-refractivity contribution in [3.05, 3.63) is 130 Å². The highest BCUT2D eigenvalue weighted by molar-refractivity contribution is 8.08. The van der Waals surface area contributed by atoms with Crippen LogP contribution in [0.15, 0.2) is 102 Å². The van der Waals surface area contributed by atoms with Gasteiger partial charge in [0.25, 0.3) is 0 Å². The number of esters is 2. The molecule has 0 aromatic heterocycles. The summed E-state index contributed by atoms with van der Waals surface area (Å²) in [6.45, 7) is 28.3. The smallest absolute Gasteiger partial charge is 0.338 e. The number of carbonyl (C=O) groups is 2. The minimum atomic E-state index is -0.645. The van der Waals surface area contributed by atoms with Crippen molar-refractivity contribution >= 4 is 34.2 Å². The van der Waals surface area contributed by atoms with Crippen LogP contribution >= 0.6 is 11.8 Å². The molecule has 0 aliphatic heterocycles. The van der Waals surface area contributed by atoms with Gasteiger partial charge in [-0.15, -0.1) is 0 Å². The molecule has 8 nitrogen and oxygen atoms in total. The lowest BCUT2D eigenvalue weighted by molar-refractivity contribution is 0.0554. The van der Waals surface area contributed by atoms with Crippen LogP contribution in [-0.4, -0.2) is 66.6 Å². The summed E-state index contributed by atoms with van der Waals surface area (Å²) in [5, 5.41) is 6.15. The van der Waals surface area contributed by atoms with Crippen LogP contribution in [-0.2, 0) is 14.2 Å². The van der Waals surface area contributed by atoms with Gasteiger partial charge in [-0.25, -0.2) is 9.59 Å². The Morgan fingerprint density at radius 1 is 0.695 bits per heavy atom. The number of hydrogen-bond donors (Lipinski definition) is 2. The number of nitrogens with one attached hydrogen (secondary N) is 2. The maximum Gasteiger partial charge on any atom is 0.338 e. The number of benzene rings is 3. The Morgan fingerprint density at radius 2 is 1.27 bits per heavy atom. The Kier molecular flexibility index (Phi) is 38.8. The fourth-order valence-electron chi connectivity index (χ4n) is 4.73. The highest BCUT2D eigenvalue weighted by Gasteiger charge is 2.19. The molecule has 3 aromatic carbocycles. The van der Waals surface area contributed by atoms with Gasteiger partial charge in [0.2, 0.25) is 0 Å². The Bertz CT molecular complexity index is 1680. The number of hydrogen-bond acceptors (Lipinski definition) is 9. The highest BCUT2D eigenvalue weighted by atomic mass is 32.2. The van der Waals surface area contributed by atoms with Crippen molar-refractivity contribution in [3.63, 3.8) is 0 Å². The number of carbonyl (C=O) groups excluding carboxylic acids is 2. The topological polar surface area (TPSA) is 95.1 Å². The average molecular weight is 835 g/mol. The van der Waals surface area contributed by atoms with Crippen molar-refractivity contribution in [1.82, 2.24) is 10.6 Å². The van der Waals surface area contributed by atoms with Gasteiger partial charge in [0.1, 0.15) is 12.4 Å². The fourth-order valence-corrected chi connectivity index (χ4v) is 5.95. The monoisotopic (exact) mass is 835 g/mol. The van der Waals surface area contributed by atoms with Crippen LogP contribution in [0.1, 0.15) is 126 Å². The molecule has 0 unspecified atom stereocenters. The van der Waals surface area contributed by atoms with E-state index in [0.29, 0.717) is 25.5 Å². The molecule has 0 aliphatic carbocycles. The van der Waals surface area contributed by atoms with Crippen molar-refractivity contribution in [1.29, 1.82) is 0 Å². The molecule has 9 heteroatoms. The number of rotatable bonds is 17. The van der Waals surface area contributed by atoms with Crippen LogP contribution in [0.25, 0.3) is 10.5 Å². The van der Waals surface area contributed by atoms with Gasteiger partial charge in [-0.1, -0.05) is 135 Å². The highest BCUT2D eigenvalue weighted by Crippen LogP contribution is 2.37. The molecule has 0 radical (unpaired) electrons. The molecule has 0 saturated carbocycles. The lowest BCUT2D eigenvalue weighted by Crippen LogP contribution is -2.20. The van der Waals surface area contributed by atoms with E-state index in [1.54, 1.807) is 6.07 Å². The predicted octanol–water partition coefficient (Wildman–Crippen LogP) is 12.9. The standard InChI is InChI=1S/C40H47NO6S.C2H7N.4C2H6/c1-8-11-37(48-38-26-28(4)12-13-29(38)5)32-16-14-31(15-17-32)30(9-2)18-19-33(10-3)41-22-23-46-24-25-47-34-20-21-35(39(42)44-6)36(27-34)40(43)45-7;1-3-2;4*1-2/h9-21,26-27,41H,8,22-25H2,1-7H3;3H,1-2H3;4*1-2H3/b19-18-,30-9+,33-10+,37-11-;;;;;.